The summed E-state index contributed by atoms with van der Waals surface area (Å²) >= 11 is 12.4. The average molecular weight is 477 g/mol. The SMILES string of the molecule is CCOc1cc(C=C2SC(=S)N(CC)C2=O)ccc1OCC(=O)Nc1ccc(Cl)cc1. The lowest BCUT2D eigenvalue weighted by molar-refractivity contribution is -0.122. The fourth-order valence-electron chi connectivity index (χ4n) is 2.80. The van der Waals surface area contributed by atoms with Gasteiger partial charge in [0.25, 0.3) is 11.8 Å². The van der Waals surface area contributed by atoms with Crippen LogP contribution < -0.4 is 14.8 Å². The quantitative estimate of drug-likeness (QED) is 0.428. The van der Waals surface area contributed by atoms with Crippen molar-refractivity contribution in [2.75, 3.05) is 25.1 Å². The smallest absolute Gasteiger partial charge is 0.266 e. The highest BCUT2D eigenvalue weighted by atomic mass is 35.5. The first-order valence-electron chi connectivity index (χ1n) is 9.61. The van der Waals surface area contributed by atoms with E-state index in [1.807, 2.05) is 13.8 Å². The third-order valence-electron chi connectivity index (χ3n) is 4.24. The van der Waals surface area contributed by atoms with Crippen molar-refractivity contribution in [3.63, 3.8) is 0 Å². The maximum atomic E-state index is 12.4. The van der Waals surface area contributed by atoms with Crippen LogP contribution in [0.3, 0.4) is 0 Å². The summed E-state index contributed by atoms with van der Waals surface area (Å²) in [6.07, 6.45) is 1.77. The van der Waals surface area contributed by atoms with Crippen molar-refractivity contribution >= 4 is 63.5 Å². The molecule has 0 spiro atoms. The molecule has 162 valence electrons. The van der Waals surface area contributed by atoms with E-state index in [2.05, 4.69) is 5.32 Å². The Morgan fingerprint density at radius 1 is 1.16 bits per heavy atom. The molecule has 2 aromatic rings. The van der Waals surface area contributed by atoms with E-state index in [4.69, 9.17) is 33.3 Å². The highest BCUT2D eigenvalue weighted by molar-refractivity contribution is 8.26. The van der Waals surface area contributed by atoms with E-state index in [1.54, 1.807) is 53.4 Å². The third kappa shape index (κ3) is 6.00. The maximum absolute atomic E-state index is 12.4. The molecule has 2 aromatic carbocycles. The molecular weight excluding hydrogens is 456 g/mol. The van der Waals surface area contributed by atoms with Gasteiger partial charge in [0.1, 0.15) is 4.32 Å². The van der Waals surface area contributed by atoms with Crippen LogP contribution in [0.4, 0.5) is 5.69 Å². The number of carbonyl (C=O) groups is 2. The molecule has 0 aromatic heterocycles. The fourth-order valence-corrected chi connectivity index (χ4v) is 4.31. The van der Waals surface area contributed by atoms with E-state index in [-0.39, 0.29) is 18.4 Å². The van der Waals surface area contributed by atoms with Crippen molar-refractivity contribution in [2.45, 2.75) is 13.8 Å². The number of carbonyl (C=O) groups excluding carboxylic acids is 2. The molecule has 0 bridgehead atoms. The number of nitrogens with one attached hydrogen (secondary N) is 1. The molecule has 1 aliphatic rings. The highest BCUT2D eigenvalue weighted by Crippen LogP contribution is 2.34. The lowest BCUT2D eigenvalue weighted by atomic mass is 10.2. The van der Waals surface area contributed by atoms with Gasteiger partial charge in [-0.3, -0.25) is 14.5 Å². The summed E-state index contributed by atoms with van der Waals surface area (Å²) in [5, 5.41) is 3.33. The number of likely N-dealkylation sites (N-methyl/N-ethyl adjacent to an activating group) is 1. The van der Waals surface area contributed by atoms with Crippen LogP contribution in [0.5, 0.6) is 11.5 Å². The number of nitrogens with zero attached hydrogens (tertiary/aromatic N) is 1. The molecule has 0 unspecified atom stereocenters. The predicted molar refractivity (Wildman–Crippen MR) is 129 cm³/mol. The standard InChI is InChI=1S/C22H21ClN2O4S2/c1-3-25-21(27)19(31-22(25)30)12-14-5-10-17(18(11-14)28-4-2)29-13-20(26)24-16-8-6-15(23)7-9-16/h5-12H,3-4,13H2,1-2H3,(H,24,26). The van der Waals surface area contributed by atoms with E-state index in [0.717, 1.165) is 5.56 Å². The molecule has 0 radical (unpaired) electrons. The fraction of sp³-hybridized carbons (Fsp3) is 0.227. The van der Waals surface area contributed by atoms with Crippen LogP contribution in [-0.2, 0) is 9.59 Å². The topological polar surface area (TPSA) is 67.9 Å². The van der Waals surface area contributed by atoms with Gasteiger partial charge in [0, 0.05) is 17.3 Å². The van der Waals surface area contributed by atoms with Crippen LogP contribution in [0.25, 0.3) is 6.08 Å². The van der Waals surface area contributed by atoms with E-state index in [1.165, 1.54) is 11.8 Å². The summed E-state index contributed by atoms with van der Waals surface area (Å²) in [7, 11) is 0. The van der Waals surface area contributed by atoms with Crippen molar-refractivity contribution in [1.82, 2.24) is 4.90 Å². The molecule has 1 heterocycles. The van der Waals surface area contributed by atoms with Crippen LogP contribution in [0.1, 0.15) is 19.4 Å². The Labute approximate surface area is 195 Å². The van der Waals surface area contributed by atoms with Crippen LogP contribution in [0, 0.1) is 0 Å². The first kappa shape index (κ1) is 23.1. The summed E-state index contributed by atoms with van der Waals surface area (Å²) in [5.41, 5.74) is 1.40. The van der Waals surface area contributed by atoms with Crippen molar-refractivity contribution in [3.8, 4) is 11.5 Å². The minimum atomic E-state index is -0.308. The zero-order valence-corrected chi connectivity index (χ0v) is 19.4. The van der Waals surface area contributed by atoms with Crippen molar-refractivity contribution in [1.29, 1.82) is 0 Å². The molecule has 0 atom stereocenters. The minimum absolute atomic E-state index is 0.102. The second kappa shape index (κ2) is 10.7. The molecular formula is C22H21ClN2O4S2. The van der Waals surface area contributed by atoms with Crippen LogP contribution >= 0.6 is 35.6 Å². The molecule has 0 aliphatic carbocycles. The minimum Gasteiger partial charge on any atom is -0.490 e. The second-order valence-electron chi connectivity index (χ2n) is 6.41. The Balaban J connectivity index is 1.69. The summed E-state index contributed by atoms with van der Waals surface area (Å²) in [4.78, 5) is 26.7. The molecule has 1 aliphatic heterocycles. The Morgan fingerprint density at radius 3 is 2.55 bits per heavy atom. The number of amides is 2. The normalized spacial score (nSPS) is 14.8. The summed E-state index contributed by atoms with van der Waals surface area (Å²) in [6.45, 7) is 4.52. The number of hydrogen-bond acceptors (Lipinski definition) is 6. The molecule has 9 heteroatoms. The van der Waals surface area contributed by atoms with Crippen molar-refractivity contribution in [3.05, 3.63) is 58.0 Å². The Bertz CT molecular complexity index is 1020. The largest absolute Gasteiger partial charge is 0.490 e. The van der Waals surface area contributed by atoms with Crippen molar-refractivity contribution < 1.29 is 19.1 Å². The number of thiocarbonyl (C=S) groups is 1. The van der Waals surface area contributed by atoms with Gasteiger partial charge in [-0.05, 0) is 61.9 Å². The Morgan fingerprint density at radius 2 is 1.90 bits per heavy atom. The van der Waals surface area contributed by atoms with Gasteiger partial charge in [-0.15, -0.1) is 0 Å². The first-order valence-corrected chi connectivity index (χ1v) is 11.2. The summed E-state index contributed by atoms with van der Waals surface area (Å²) in [5.74, 6) is 0.514. The second-order valence-corrected chi connectivity index (χ2v) is 8.52. The average Bonchev–Trinajstić information content (AvgIpc) is 3.01. The monoisotopic (exact) mass is 476 g/mol. The van der Waals surface area contributed by atoms with Crippen LogP contribution in [0.2, 0.25) is 5.02 Å². The molecule has 2 amide bonds. The highest BCUT2D eigenvalue weighted by Gasteiger charge is 2.30. The number of hydrogen-bond donors (Lipinski definition) is 1. The van der Waals surface area contributed by atoms with Gasteiger partial charge >= 0.3 is 0 Å². The molecule has 1 N–H and O–H groups in total. The Hall–Kier alpha value is -2.55. The lowest BCUT2D eigenvalue weighted by Crippen LogP contribution is -2.27. The van der Waals surface area contributed by atoms with Gasteiger partial charge in [0.2, 0.25) is 0 Å². The molecule has 1 fully saturated rings. The van der Waals surface area contributed by atoms with Crippen LogP contribution in [0.15, 0.2) is 47.4 Å². The maximum Gasteiger partial charge on any atom is 0.266 e. The van der Waals surface area contributed by atoms with Gasteiger partial charge < -0.3 is 14.8 Å². The van der Waals surface area contributed by atoms with Gasteiger partial charge in [-0.1, -0.05) is 41.6 Å². The number of thioether (sulfide) groups is 1. The van der Waals surface area contributed by atoms with Crippen LogP contribution in [-0.4, -0.2) is 40.8 Å². The van der Waals surface area contributed by atoms with Gasteiger partial charge in [-0.2, -0.15) is 0 Å². The zero-order valence-electron chi connectivity index (χ0n) is 17.0. The van der Waals surface area contributed by atoms with E-state index in [9.17, 15) is 9.59 Å². The molecule has 3 rings (SSSR count). The van der Waals surface area contributed by atoms with E-state index >= 15 is 0 Å². The number of halogens is 1. The molecule has 0 saturated carbocycles. The summed E-state index contributed by atoms with van der Waals surface area (Å²) in [6, 6.07) is 12.1. The first-order chi connectivity index (χ1) is 14.9. The van der Waals surface area contributed by atoms with Gasteiger partial charge in [0.15, 0.2) is 18.1 Å². The van der Waals surface area contributed by atoms with Gasteiger partial charge in [-0.25, -0.2) is 0 Å². The predicted octanol–water partition coefficient (Wildman–Crippen LogP) is 4.98. The third-order valence-corrected chi connectivity index (χ3v) is 5.87. The van der Waals surface area contributed by atoms with E-state index < -0.39 is 0 Å². The van der Waals surface area contributed by atoms with Crippen molar-refractivity contribution in [2.24, 2.45) is 0 Å². The Kier molecular flexibility index (Phi) is 7.95. The van der Waals surface area contributed by atoms with Gasteiger partial charge in [0.05, 0.1) is 11.5 Å². The number of anilines is 1. The number of benzene rings is 2. The lowest BCUT2D eigenvalue weighted by Gasteiger charge is -2.13. The molecule has 6 nitrogen and oxygen atoms in total. The number of rotatable bonds is 8. The summed E-state index contributed by atoms with van der Waals surface area (Å²) < 4.78 is 11.9. The zero-order chi connectivity index (χ0) is 22.4. The van der Waals surface area contributed by atoms with E-state index in [0.29, 0.717) is 44.6 Å². The number of ether oxygens (including phenoxy) is 2. The molecule has 31 heavy (non-hydrogen) atoms. The molecule has 1 saturated heterocycles.